The quantitative estimate of drug-likeness (QED) is 0.248. The Labute approximate surface area is 175 Å². The van der Waals surface area contributed by atoms with Crippen LogP contribution >= 0.6 is 23.2 Å². The van der Waals surface area contributed by atoms with Crippen molar-refractivity contribution in [2.24, 2.45) is 0 Å². The van der Waals surface area contributed by atoms with Crippen LogP contribution in [0.1, 0.15) is 12.8 Å². The average molecular weight is 440 g/mol. The molecule has 0 aliphatic heterocycles. The highest BCUT2D eigenvalue weighted by molar-refractivity contribution is 6.18. The number of hydrogen-bond acceptors (Lipinski definition) is 4. The summed E-state index contributed by atoms with van der Waals surface area (Å²) in [6.45, 7) is 2.09. The first-order chi connectivity index (χ1) is 11.1. The number of carbonyl (C=O) groups excluding carboxylic acids is 2. The minimum atomic E-state index is -1.21. The standard InChI is InChI=1S/C6H12N2O3.2C5H13ClN.ClH/c1-8(2)7-5(9)3-4-6(10)11;2*1-7(2,3)5-4-6;/h3-4H2,1-2H3,(H,7,9)(H,10,11);2*4-5H2,1-3H3;1H/q;2*+1;/p-2. The number of carboxylic acid groups (broad SMARTS) is 1. The van der Waals surface area contributed by atoms with Crippen LogP contribution in [-0.4, -0.2) is 107 Å². The first-order valence-corrected chi connectivity index (χ1v) is 9.11. The Hall–Kier alpha value is -0.310. The molecule has 1 amide bonds. The van der Waals surface area contributed by atoms with Gasteiger partial charge in [0.05, 0.1) is 67.1 Å². The van der Waals surface area contributed by atoms with Gasteiger partial charge in [0.25, 0.3) is 0 Å². The summed E-state index contributed by atoms with van der Waals surface area (Å²) in [7, 11) is 16.1. The zero-order valence-corrected chi connectivity index (χ0v) is 19.7. The molecule has 0 spiro atoms. The van der Waals surface area contributed by atoms with Gasteiger partial charge in [-0.1, -0.05) is 0 Å². The zero-order valence-electron chi connectivity index (χ0n) is 17.4. The van der Waals surface area contributed by atoms with Crippen LogP contribution in [0.25, 0.3) is 0 Å². The third-order valence-corrected chi connectivity index (χ3v) is 2.75. The molecule has 26 heavy (non-hydrogen) atoms. The van der Waals surface area contributed by atoms with E-state index in [1.165, 1.54) is 5.01 Å². The van der Waals surface area contributed by atoms with E-state index < -0.39 is 5.97 Å². The van der Waals surface area contributed by atoms with Gasteiger partial charge in [-0.3, -0.25) is 10.2 Å². The van der Waals surface area contributed by atoms with Gasteiger partial charge in [0.2, 0.25) is 5.91 Å². The molecule has 0 unspecified atom stereocenters. The smallest absolute Gasteiger partial charge is 0.234 e. The second kappa shape index (κ2) is 18.1. The lowest BCUT2D eigenvalue weighted by Crippen LogP contribution is -3.00. The third kappa shape index (κ3) is 43.8. The van der Waals surface area contributed by atoms with E-state index in [-0.39, 0.29) is 31.2 Å². The number of aliphatic carboxylic acids is 1. The number of hydrogen-bond donors (Lipinski definition) is 1. The molecule has 0 radical (unpaired) electrons. The van der Waals surface area contributed by atoms with Crippen LogP contribution in [0.4, 0.5) is 0 Å². The van der Waals surface area contributed by atoms with Crippen LogP contribution in [0.2, 0.25) is 0 Å². The highest BCUT2D eigenvalue weighted by Crippen LogP contribution is 1.89. The molecule has 1 N–H and O–H groups in total. The molecule has 0 bridgehead atoms. The molecule has 0 aromatic heterocycles. The summed E-state index contributed by atoms with van der Waals surface area (Å²) in [4.78, 5) is 20.6. The number of hydrazine groups is 1. The summed E-state index contributed by atoms with van der Waals surface area (Å²) < 4.78 is 1.92. The van der Waals surface area contributed by atoms with Gasteiger partial charge in [-0.15, -0.1) is 23.2 Å². The molecular weight excluding hydrogens is 403 g/mol. The molecule has 0 fully saturated rings. The van der Waals surface area contributed by atoms with Crippen molar-refractivity contribution in [2.45, 2.75) is 12.8 Å². The maximum Gasteiger partial charge on any atom is 0.234 e. The van der Waals surface area contributed by atoms with Crippen LogP contribution in [0.5, 0.6) is 0 Å². The van der Waals surface area contributed by atoms with Gasteiger partial charge in [-0.05, 0) is 6.42 Å². The molecule has 7 nitrogen and oxygen atoms in total. The van der Waals surface area contributed by atoms with Crippen LogP contribution in [0.3, 0.4) is 0 Å². The molecular formula is C16H37Cl3N4O3. The van der Waals surface area contributed by atoms with E-state index in [0.717, 1.165) is 33.8 Å². The lowest BCUT2D eigenvalue weighted by atomic mass is 10.3. The summed E-state index contributed by atoms with van der Waals surface area (Å²) in [6, 6.07) is 0. The predicted molar refractivity (Wildman–Crippen MR) is 103 cm³/mol. The molecule has 0 aromatic rings. The molecule has 0 aliphatic rings. The first kappa shape index (κ1) is 33.3. The molecule has 0 saturated heterocycles. The Morgan fingerprint density at radius 3 is 1.38 bits per heavy atom. The highest BCUT2D eigenvalue weighted by Gasteiger charge is 2.03. The second-order valence-corrected chi connectivity index (χ2v) is 8.46. The maximum absolute atomic E-state index is 10.7. The molecule has 0 saturated carbocycles. The van der Waals surface area contributed by atoms with Gasteiger partial charge in [0, 0.05) is 26.5 Å². The van der Waals surface area contributed by atoms with Crippen molar-refractivity contribution in [1.29, 1.82) is 0 Å². The number of carbonyl (C=O) groups is 2. The minimum Gasteiger partial charge on any atom is -1.00 e. The van der Waals surface area contributed by atoms with Crippen molar-refractivity contribution in [3.05, 3.63) is 0 Å². The van der Waals surface area contributed by atoms with Crippen LogP contribution in [-0.2, 0) is 9.59 Å². The average Bonchev–Trinajstić information content (AvgIpc) is 2.34. The summed E-state index contributed by atoms with van der Waals surface area (Å²) in [6.07, 6.45) is -0.278. The van der Waals surface area contributed by atoms with E-state index in [4.69, 9.17) is 23.2 Å². The van der Waals surface area contributed by atoms with Crippen molar-refractivity contribution >= 4 is 35.1 Å². The largest absolute Gasteiger partial charge is 1.00 e. The number of alkyl halides is 2. The third-order valence-electron chi connectivity index (χ3n) is 2.42. The highest BCUT2D eigenvalue weighted by atomic mass is 35.5. The molecule has 160 valence electrons. The lowest BCUT2D eigenvalue weighted by Gasteiger charge is -2.21. The lowest BCUT2D eigenvalue weighted by molar-refractivity contribution is -0.867. The van der Waals surface area contributed by atoms with E-state index in [1.807, 2.05) is 0 Å². The normalized spacial score (nSPS) is 10.6. The SMILES string of the molecule is CN(C)NC(=O)CCC(=O)[O-].C[N+](C)(C)CCCl.C[N+](C)(C)CCCl.[Cl-]. The van der Waals surface area contributed by atoms with Gasteiger partial charge < -0.3 is 31.3 Å². The van der Waals surface area contributed by atoms with Crippen molar-refractivity contribution in [1.82, 2.24) is 10.4 Å². The topological polar surface area (TPSA) is 72.5 Å². The fraction of sp³-hybridized carbons (Fsp3) is 0.875. The fourth-order valence-corrected chi connectivity index (χ4v) is 2.04. The van der Waals surface area contributed by atoms with E-state index in [2.05, 4.69) is 47.7 Å². The zero-order chi connectivity index (χ0) is 20.7. The van der Waals surface area contributed by atoms with E-state index in [0.29, 0.717) is 0 Å². The molecule has 10 heteroatoms. The van der Waals surface area contributed by atoms with Crippen LogP contribution < -0.4 is 22.9 Å². The number of nitrogens with one attached hydrogen (secondary N) is 1. The summed E-state index contributed by atoms with van der Waals surface area (Å²) in [5, 5.41) is 11.3. The fourth-order valence-electron chi connectivity index (χ4n) is 1.03. The predicted octanol–water partition coefficient (Wildman–Crippen LogP) is -3.02. The van der Waals surface area contributed by atoms with Crippen molar-refractivity contribution in [3.8, 4) is 0 Å². The van der Waals surface area contributed by atoms with Crippen LogP contribution in [0.15, 0.2) is 0 Å². The number of nitrogens with zero attached hydrogens (tertiary/aromatic N) is 3. The summed E-state index contributed by atoms with van der Waals surface area (Å²) in [5.74, 6) is -0.0226. The number of carboxylic acids is 1. The number of rotatable bonds is 8. The van der Waals surface area contributed by atoms with E-state index in [1.54, 1.807) is 14.1 Å². The Bertz CT molecular complexity index is 342. The van der Waals surface area contributed by atoms with Crippen molar-refractivity contribution in [3.63, 3.8) is 0 Å². The van der Waals surface area contributed by atoms with E-state index >= 15 is 0 Å². The minimum absolute atomic E-state index is 0. The van der Waals surface area contributed by atoms with Gasteiger partial charge in [0.15, 0.2) is 0 Å². The second-order valence-electron chi connectivity index (χ2n) is 7.71. The van der Waals surface area contributed by atoms with Gasteiger partial charge in [-0.2, -0.15) is 0 Å². The van der Waals surface area contributed by atoms with Crippen molar-refractivity contribution < 1.29 is 36.1 Å². The molecule has 0 rings (SSSR count). The number of halogens is 3. The van der Waals surface area contributed by atoms with Crippen LogP contribution in [0, 0.1) is 0 Å². The Morgan fingerprint density at radius 2 is 1.23 bits per heavy atom. The van der Waals surface area contributed by atoms with E-state index in [9.17, 15) is 14.7 Å². The summed E-state index contributed by atoms with van der Waals surface area (Å²) >= 11 is 10.9. The van der Waals surface area contributed by atoms with Gasteiger partial charge in [0.1, 0.15) is 0 Å². The number of quaternary nitrogens is 2. The van der Waals surface area contributed by atoms with Crippen molar-refractivity contribution in [2.75, 3.05) is 81.2 Å². The Kier molecular flexibility index (Phi) is 23.1. The molecule has 0 heterocycles. The molecule has 0 atom stereocenters. The Balaban J connectivity index is -0.000000143. The molecule has 0 aliphatic carbocycles. The summed E-state index contributed by atoms with van der Waals surface area (Å²) in [5.41, 5.74) is 2.40. The number of amides is 1. The maximum atomic E-state index is 10.7. The Morgan fingerprint density at radius 1 is 0.885 bits per heavy atom. The van der Waals surface area contributed by atoms with Gasteiger partial charge in [-0.25, -0.2) is 5.01 Å². The molecule has 0 aromatic carbocycles. The van der Waals surface area contributed by atoms with Gasteiger partial charge >= 0.3 is 0 Å². The first-order valence-electron chi connectivity index (χ1n) is 8.04. The monoisotopic (exact) mass is 438 g/mol.